The average molecular weight is 425 g/mol. The highest BCUT2D eigenvalue weighted by Gasteiger charge is 1.96. The van der Waals surface area contributed by atoms with Gasteiger partial charge in [0.25, 0.3) is 0 Å². The summed E-state index contributed by atoms with van der Waals surface area (Å²) in [6.45, 7) is 6.56. The van der Waals surface area contributed by atoms with E-state index in [1.807, 2.05) is 0 Å². The first-order valence-corrected chi connectivity index (χ1v) is 14.5. The van der Waals surface area contributed by atoms with Crippen molar-refractivity contribution in [1.82, 2.24) is 0 Å². The van der Waals surface area contributed by atoms with Gasteiger partial charge in [0.2, 0.25) is 0 Å². The molecule has 1 heteroatoms. The van der Waals surface area contributed by atoms with Gasteiger partial charge >= 0.3 is 0 Å². The van der Waals surface area contributed by atoms with Crippen LogP contribution in [0.4, 0.5) is 0 Å². The molecule has 0 saturated heterocycles. The van der Waals surface area contributed by atoms with Crippen LogP contribution in [0.15, 0.2) is 0 Å². The van der Waals surface area contributed by atoms with Crippen molar-refractivity contribution in [2.75, 3.05) is 13.2 Å². The van der Waals surface area contributed by atoms with Crippen molar-refractivity contribution in [3.05, 3.63) is 0 Å². The predicted molar refractivity (Wildman–Crippen MR) is 138 cm³/mol. The van der Waals surface area contributed by atoms with E-state index in [2.05, 4.69) is 13.8 Å². The Morgan fingerprint density at radius 2 is 0.467 bits per heavy atom. The number of ether oxygens (including phenoxy) is 1. The largest absolute Gasteiger partial charge is 0.381 e. The summed E-state index contributed by atoms with van der Waals surface area (Å²) in [4.78, 5) is 0. The van der Waals surface area contributed by atoms with E-state index in [4.69, 9.17) is 4.74 Å². The Hall–Kier alpha value is -0.0400. The maximum Gasteiger partial charge on any atom is 0.0466 e. The summed E-state index contributed by atoms with van der Waals surface area (Å²) < 4.78 is 5.75. The fourth-order valence-corrected chi connectivity index (χ4v) is 4.37. The summed E-state index contributed by atoms with van der Waals surface area (Å²) in [5.41, 5.74) is 0. The van der Waals surface area contributed by atoms with Crippen LogP contribution in [0.25, 0.3) is 0 Å². The summed E-state index contributed by atoms with van der Waals surface area (Å²) in [6, 6.07) is 0. The second kappa shape index (κ2) is 29.0. The lowest BCUT2D eigenvalue weighted by atomic mass is 10.0. The molecule has 30 heavy (non-hydrogen) atoms. The first kappa shape index (κ1) is 30.0. The summed E-state index contributed by atoms with van der Waals surface area (Å²) in [5, 5.41) is 0. The molecule has 0 aliphatic rings. The molecule has 0 aromatic carbocycles. The van der Waals surface area contributed by atoms with Gasteiger partial charge in [0.05, 0.1) is 0 Å². The van der Waals surface area contributed by atoms with Gasteiger partial charge in [-0.1, -0.05) is 162 Å². The molecule has 0 aromatic heterocycles. The van der Waals surface area contributed by atoms with Crippen molar-refractivity contribution in [2.45, 2.75) is 174 Å². The molecule has 1 nitrogen and oxygen atoms in total. The van der Waals surface area contributed by atoms with E-state index in [0.717, 1.165) is 13.2 Å². The Labute approximate surface area is 192 Å². The minimum atomic E-state index is 0.989. The molecule has 0 aromatic rings. The van der Waals surface area contributed by atoms with E-state index in [0.29, 0.717) is 0 Å². The molecule has 0 bridgehead atoms. The summed E-state index contributed by atoms with van der Waals surface area (Å²) >= 11 is 0. The first-order valence-electron chi connectivity index (χ1n) is 14.5. The lowest BCUT2D eigenvalue weighted by Crippen LogP contribution is -1.97. The van der Waals surface area contributed by atoms with E-state index >= 15 is 0 Å². The molecular formula is C29H60O. The Bertz CT molecular complexity index is 248. The topological polar surface area (TPSA) is 9.23 Å². The molecule has 0 atom stereocenters. The maximum absolute atomic E-state index is 5.75. The van der Waals surface area contributed by atoms with E-state index in [9.17, 15) is 0 Å². The van der Waals surface area contributed by atoms with Crippen molar-refractivity contribution >= 4 is 0 Å². The summed E-state index contributed by atoms with van der Waals surface area (Å²) in [6.07, 6.45) is 35.7. The van der Waals surface area contributed by atoms with Gasteiger partial charge in [0, 0.05) is 13.2 Å². The van der Waals surface area contributed by atoms with Gasteiger partial charge in [0.1, 0.15) is 0 Å². The van der Waals surface area contributed by atoms with Gasteiger partial charge in [-0.15, -0.1) is 0 Å². The van der Waals surface area contributed by atoms with Gasteiger partial charge in [-0.3, -0.25) is 0 Å². The van der Waals surface area contributed by atoms with Crippen molar-refractivity contribution in [2.24, 2.45) is 0 Å². The van der Waals surface area contributed by atoms with E-state index in [1.54, 1.807) is 0 Å². The maximum atomic E-state index is 5.75. The first-order chi connectivity index (χ1) is 14.9. The van der Waals surface area contributed by atoms with Gasteiger partial charge in [-0.25, -0.2) is 0 Å². The Balaban J connectivity index is 2.97. The minimum absolute atomic E-state index is 0.989. The zero-order valence-corrected chi connectivity index (χ0v) is 21.5. The van der Waals surface area contributed by atoms with Crippen molar-refractivity contribution in [3.63, 3.8) is 0 Å². The third-order valence-corrected chi connectivity index (χ3v) is 6.53. The number of hydrogen-bond donors (Lipinski definition) is 0. The SMILES string of the molecule is CCCCCCCCCCCCCCCCCCCCCCOCCCCCCC. The monoisotopic (exact) mass is 424 g/mol. The average Bonchev–Trinajstić information content (AvgIpc) is 2.76. The molecule has 0 fully saturated rings. The molecule has 0 radical (unpaired) electrons. The highest BCUT2D eigenvalue weighted by Crippen LogP contribution is 2.14. The molecule has 0 aliphatic heterocycles. The van der Waals surface area contributed by atoms with Crippen LogP contribution in [0.3, 0.4) is 0 Å². The van der Waals surface area contributed by atoms with E-state index in [1.165, 1.54) is 161 Å². The van der Waals surface area contributed by atoms with Gasteiger partial charge in [0.15, 0.2) is 0 Å². The number of unbranched alkanes of at least 4 members (excludes halogenated alkanes) is 23. The number of rotatable bonds is 27. The highest BCUT2D eigenvalue weighted by molar-refractivity contribution is 4.51. The Morgan fingerprint density at radius 3 is 0.700 bits per heavy atom. The van der Waals surface area contributed by atoms with Crippen LogP contribution in [-0.2, 0) is 4.74 Å². The summed E-state index contributed by atoms with van der Waals surface area (Å²) in [5.74, 6) is 0. The molecule has 0 spiro atoms. The Kier molecular flexibility index (Phi) is 28.9. The van der Waals surface area contributed by atoms with E-state index in [-0.39, 0.29) is 0 Å². The molecule has 0 unspecified atom stereocenters. The molecule has 0 rings (SSSR count). The zero-order valence-electron chi connectivity index (χ0n) is 21.5. The zero-order chi connectivity index (χ0) is 21.8. The molecule has 0 saturated carbocycles. The normalized spacial score (nSPS) is 11.4. The second-order valence-electron chi connectivity index (χ2n) is 9.74. The second-order valence-corrected chi connectivity index (χ2v) is 9.74. The lowest BCUT2D eigenvalue weighted by Gasteiger charge is -2.05. The van der Waals surface area contributed by atoms with Gasteiger partial charge in [-0.05, 0) is 12.8 Å². The smallest absolute Gasteiger partial charge is 0.0466 e. The standard InChI is InChI=1S/C29H60O/c1-3-5-7-9-10-11-12-13-14-15-16-17-18-19-20-21-22-23-25-27-29-30-28-26-24-8-6-4-2/h3-29H2,1-2H3. The molecule has 182 valence electrons. The van der Waals surface area contributed by atoms with E-state index < -0.39 is 0 Å². The quantitative estimate of drug-likeness (QED) is 0.119. The molecule has 0 aliphatic carbocycles. The number of hydrogen-bond acceptors (Lipinski definition) is 1. The fraction of sp³-hybridized carbons (Fsp3) is 1.00. The summed E-state index contributed by atoms with van der Waals surface area (Å²) in [7, 11) is 0. The fourth-order valence-electron chi connectivity index (χ4n) is 4.37. The van der Waals surface area contributed by atoms with Crippen molar-refractivity contribution in [1.29, 1.82) is 0 Å². The van der Waals surface area contributed by atoms with Crippen molar-refractivity contribution in [3.8, 4) is 0 Å². The van der Waals surface area contributed by atoms with Gasteiger partial charge in [-0.2, -0.15) is 0 Å². The predicted octanol–water partition coefficient (Wildman–Crippen LogP) is 10.8. The van der Waals surface area contributed by atoms with Crippen LogP contribution >= 0.6 is 0 Å². The van der Waals surface area contributed by atoms with Crippen LogP contribution < -0.4 is 0 Å². The van der Waals surface area contributed by atoms with Crippen LogP contribution in [-0.4, -0.2) is 13.2 Å². The van der Waals surface area contributed by atoms with Gasteiger partial charge < -0.3 is 4.74 Å². The Morgan fingerprint density at radius 1 is 0.267 bits per heavy atom. The highest BCUT2D eigenvalue weighted by atomic mass is 16.5. The lowest BCUT2D eigenvalue weighted by molar-refractivity contribution is 0.125. The van der Waals surface area contributed by atoms with Crippen LogP contribution in [0.2, 0.25) is 0 Å². The molecule has 0 heterocycles. The third-order valence-electron chi connectivity index (χ3n) is 6.53. The van der Waals surface area contributed by atoms with Crippen LogP contribution in [0.5, 0.6) is 0 Å². The minimum Gasteiger partial charge on any atom is -0.381 e. The van der Waals surface area contributed by atoms with Crippen LogP contribution in [0, 0.1) is 0 Å². The van der Waals surface area contributed by atoms with Crippen molar-refractivity contribution < 1.29 is 4.74 Å². The third kappa shape index (κ3) is 28.0. The van der Waals surface area contributed by atoms with Crippen LogP contribution in [0.1, 0.15) is 174 Å². The molecular weight excluding hydrogens is 364 g/mol. The molecule has 0 N–H and O–H groups in total. The molecule has 0 amide bonds.